The van der Waals surface area contributed by atoms with E-state index in [1.807, 2.05) is 11.6 Å². The number of anilines is 1. The lowest BCUT2D eigenvalue weighted by Crippen LogP contribution is -2.40. The molecule has 0 aliphatic heterocycles. The van der Waals surface area contributed by atoms with Gasteiger partial charge in [-0.05, 0) is 31.2 Å². The first-order chi connectivity index (χ1) is 9.90. The van der Waals surface area contributed by atoms with Gasteiger partial charge in [-0.15, -0.1) is 0 Å². The van der Waals surface area contributed by atoms with Crippen LogP contribution in [0.1, 0.15) is 5.56 Å². The van der Waals surface area contributed by atoms with Crippen LogP contribution in [0.2, 0.25) is 0 Å². The number of sulfonamides is 1. The normalized spacial score (nSPS) is 11.0. The Kier molecular flexibility index (Phi) is 4.23. The van der Waals surface area contributed by atoms with Crippen molar-refractivity contribution in [2.24, 2.45) is 0 Å². The second-order valence-electron chi connectivity index (χ2n) is 4.49. The Hall–Kier alpha value is -2.41. The number of nitrogens with zero attached hydrogens (tertiary/aromatic N) is 2. The van der Waals surface area contributed by atoms with Crippen LogP contribution in [0.25, 0.3) is 0 Å². The molecule has 2 rings (SSSR count). The van der Waals surface area contributed by atoms with E-state index in [0.717, 1.165) is 5.56 Å². The molecule has 2 amide bonds. The van der Waals surface area contributed by atoms with Gasteiger partial charge in [0.1, 0.15) is 0 Å². The third-order valence-corrected chi connectivity index (χ3v) is 4.23. The number of aromatic nitrogens is 1. The highest BCUT2D eigenvalue weighted by molar-refractivity contribution is 7.90. The van der Waals surface area contributed by atoms with E-state index in [2.05, 4.69) is 4.98 Å². The van der Waals surface area contributed by atoms with Gasteiger partial charge in [0.2, 0.25) is 0 Å². The Morgan fingerprint density at radius 3 is 2.43 bits per heavy atom. The topological polar surface area (TPSA) is 79.4 Å². The minimum atomic E-state index is -3.89. The zero-order chi connectivity index (χ0) is 15.5. The molecule has 1 heterocycles. The second kappa shape index (κ2) is 5.92. The number of aryl methyl sites for hydroxylation is 1. The Morgan fingerprint density at radius 2 is 1.86 bits per heavy atom. The summed E-state index contributed by atoms with van der Waals surface area (Å²) in [5, 5.41) is 0. The first-order valence-corrected chi connectivity index (χ1v) is 7.66. The molecule has 0 saturated heterocycles. The number of urea groups is 1. The van der Waals surface area contributed by atoms with E-state index in [-0.39, 0.29) is 4.90 Å². The van der Waals surface area contributed by atoms with Gasteiger partial charge in [-0.1, -0.05) is 17.7 Å². The Balaban J connectivity index is 2.17. The Labute approximate surface area is 123 Å². The number of amides is 2. The van der Waals surface area contributed by atoms with Crippen molar-refractivity contribution in [1.29, 1.82) is 0 Å². The summed E-state index contributed by atoms with van der Waals surface area (Å²) in [6.45, 7) is 1.85. The summed E-state index contributed by atoms with van der Waals surface area (Å²) >= 11 is 0. The molecule has 0 spiro atoms. The fraction of sp³-hybridized carbons (Fsp3) is 0.143. The molecule has 1 N–H and O–H groups in total. The van der Waals surface area contributed by atoms with E-state index in [9.17, 15) is 13.2 Å². The molecular weight excluding hydrogens is 290 g/mol. The van der Waals surface area contributed by atoms with Crippen LogP contribution in [0.4, 0.5) is 10.5 Å². The average molecular weight is 305 g/mol. The van der Waals surface area contributed by atoms with Crippen LogP contribution in [-0.2, 0) is 10.0 Å². The predicted octanol–water partition coefficient (Wildman–Crippen LogP) is 1.92. The maximum atomic E-state index is 12.1. The molecule has 0 bridgehead atoms. The van der Waals surface area contributed by atoms with Gasteiger partial charge in [0.25, 0.3) is 10.0 Å². The summed E-state index contributed by atoms with van der Waals surface area (Å²) in [6.07, 6.45) is 3.04. The highest BCUT2D eigenvalue weighted by Gasteiger charge is 2.20. The van der Waals surface area contributed by atoms with Gasteiger partial charge >= 0.3 is 6.03 Å². The van der Waals surface area contributed by atoms with Crippen LogP contribution in [0.15, 0.2) is 53.7 Å². The van der Waals surface area contributed by atoms with E-state index in [1.165, 1.54) is 30.3 Å². The molecule has 6 nitrogen and oxygen atoms in total. The van der Waals surface area contributed by atoms with Gasteiger partial charge in [-0.3, -0.25) is 9.88 Å². The first kappa shape index (κ1) is 15.0. The molecule has 1 aromatic carbocycles. The molecule has 21 heavy (non-hydrogen) atoms. The summed E-state index contributed by atoms with van der Waals surface area (Å²) in [7, 11) is -2.42. The SMILES string of the molecule is Cc1ccc(S(=O)(=O)NC(=O)N(C)c2cccnc2)cc1. The van der Waals surface area contributed by atoms with Gasteiger partial charge in [0.05, 0.1) is 16.8 Å². The van der Waals surface area contributed by atoms with Gasteiger partial charge in [0.15, 0.2) is 0 Å². The zero-order valence-corrected chi connectivity index (χ0v) is 12.5. The molecular formula is C14H15N3O3S. The number of pyridine rings is 1. The van der Waals surface area contributed by atoms with Crippen molar-refractivity contribution < 1.29 is 13.2 Å². The predicted molar refractivity (Wildman–Crippen MR) is 79.5 cm³/mol. The van der Waals surface area contributed by atoms with Crippen LogP contribution < -0.4 is 9.62 Å². The van der Waals surface area contributed by atoms with Crippen LogP contribution >= 0.6 is 0 Å². The van der Waals surface area contributed by atoms with Crippen molar-refractivity contribution in [3.05, 3.63) is 54.4 Å². The number of rotatable bonds is 3. The molecule has 2 aromatic rings. The van der Waals surface area contributed by atoms with Gasteiger partial charge in [-0.2, -0.15) is 0 Å². The average Bonchev–Trinajstić information content (AvgIpc) is 2.47. The molecule has 0 aliphatic carbocycles. The van der Waals surface area contributed by atoms with Gasteiger partial charge in [-0.25, -0.2) is 17.9 Å². The second-order valence-corrected chi connectivity index (χ2v) is 6.18. The van der Waals surface area contributed by atoms with Crippen LogP contribution in [0.5, 0.6) is 0 Å². The summed E-state index contributed by atoms with van der Waals surface area (Å²) in [4.78, 5) is 17.1. The van der Waals surface area contributed by atoms with Gasteiger partial charge < -0.3 is 0 Å². The van der Waals surface area contributed by atoms with Crippen molar-refractivity contribution >= 4 is 21.7 Å². The molecule has 0 radical (unpaired) electrons. The quantitative estimate of drug-likeness (QED) is 0.939. The highest BCUT2D eigenvalue weighted by atomic mass is 32.2. The molecule has 110 valence electrons. The van der Waals surface area contributed by atoms with Crippen molar-refractivity contribution in [1.82, 2.24) is 9.71 Å². The molecule has 0 atom stereocenters. The molecule has 0 aliphatic rings. The largest absolute Gasteiger partial charge is 0.335 e. The van der Waals surface area contributed by atoms with E-state index in [4.69, 9.17) is 0 Å². The van der Waals surface area contributed by atoms with Crippen LogP contribution in [-0.4, -0.2) is 26.5 Å². The maximum Gasteiger partial charge on any atom is 0.335 e. The molecule has 0 unspecified atom stereocenters. The molecule has 0 fully saturated rings. The third-order valence-electron chi connectivity index (χ3n) is 2.89. The van der Waals surface area contributed by atoms with E-state index >= 15 is 0 Å². The van der Waals surface area contributed by atoms with Crippen molar-refractivity contribution in [2.45, 2.75) is 11.8 Å². The monoisotopic (exact) mass is 305 g/mol. The van der Waals surface area contributed by atoms with Crippen LogP contribution in [0.3, 0.4) is 0 Å². The van der Waals surface area contributed by atoms with E-state index in [0.29, 0.717) is 5.69 Å². The third kappa shape index (κ3) is 3.57. The number of carbonyl (C=O) groups excluding carboxylic acids is 1. The fourth-order valence-corrected chi connectivity index (χ4v) is 2.61. The number of hydrogen-bond acceptors (Lipinski definition) is 4. The minimum Gasteiger partial charge on any atom is -0.295 e. The molecule has 0 saturated carbocycles. The zero-order valence-electron chi connectivity index (χ0n) is 11.6. The molecule has 1 aromatic heterocycles. The van der Waals surface area contributed by atoms with E-state index < -0.39 is 16.1 Å². The molecule has 7 heteroatoms. The summed E-state index contributed by atoms with van der Waals surface area (Å²) in [6, 6.07) is 8.82. The Bertz CT molecular complexity index is 728. The fourth-order valence-electron chi connectivity index (χ4n) is 1.63. The lowest BCUT2D eigenvalue weighted by atomic mass is 10.2. The number of carbonyl (C=O) groups is 1. The van der Waals surface area contributed by atoms with E-state index in [1.54, 1.807) is 30.5 Å². The lowest BCUT2D eigenvalue weighted by Gasteiger charge is -2.17. The lowest BCUT2D eigenvalue weighted by molar-refractivity contribution is 0.252. The standard InChI is InChI=1S/C14H15N3O3S/c1-11-5-7-13(8-6-11)21(19,20)16-14(18)17(2)12-4-3-9-15-10-12/h3-10H,1-2H3,(H,16,18). The number of hydrogen-bond donors (Lipinski definition) is 1. The first-order valence-electron chi connectivity index (χ1n) is 6.17. The maximum absolute atomic E-state index is 12.1. The number of benzene rings is 1. The van der Waals surface area contributed by atoms with Crippen molar-refractivity contribution in [3.8, 4) is 0 Å². The highest BCUT2D eigenvalue weighted by Crippen LogP contribution is 2.13. The summed E-state index contributed by atoms with van der Waals surface area (Å²) in [5.74, 6) is 0. The van der Waals surface area contributed by atoms with Crippen molar-refractivity contribution in [3.63, 3.8) is 0 Å². The van der Waals surface area contributed by atoms with Crippen molar-refractivity contribution in [2.75, 3.05) is 11.9 Å². The minimum absolute atomic E-state index is 0.0426. The smallest absolute Gasteiger partial charge is 0.295 e. The van der Waals surface area contributed by atoms with Crippen LogP contribution in [0, 0.1) is 6.92 Å². The van der Waals surface area contributed by atoms with Gasteiger partial charge in [0, 0.05) is 13.2 Å². The Morgan fingerprint density at radius 1 is 1.19 bits per heavy atom. The number of nitrogens with one attached hydrogen (secondary N) is 1. The summed E-state index contributed by atoms with van der Waals surface area (Å²) in [5.41, 5.74) is 1.43. The summed E-state index contributed by atoms with van der Waals surface area (Å²) < 4.78 is 26.3.